The maximum absolute atomic E-state index is 2.94. The Hall–Kier alpha value is -1.91. The van der Waals surface area contributed by atoms with Crippen molar-refractivity contribution in [3.63, 3.8) is 0 Å². The van der Waals surface area contributed by atoms with E-state index in [4.69, 9.17) is 0 Å². The zero-order valence-electron chi connectivity index (χ0n) is 11.6. The van der Waals surface area contributed by atoms with Crippen molar-refractivity contribution in [2.45, 2.75) is 0 Å². The van der Waals surface area contributed by atoms with Crippen molar-refractivity contribution in [2.75, 3.05) is 0 Å². The van der Waals surface area contributed by atoms with Crippen molar-refractivity contribution in [1.29, 1.82) is 0 Å². The topological polar surface area (TPSA) is 0 Å². The molecule has 0 bridgehead atoms. The van der Waals surface area contributed by atoms with Gasteiger partial charge in [-0.3, -0.25) is 0 Å². The summed E-state index contributed by atoms with van der Waals surface area (Å²) in [6.45, 7) is 0. The first-order valence-corrected chi connectivity index (χ1v) is 6.40. The Bertz CT molecular complexity index is 381. The van der Waals surface area contributed by atoms with Crippen molar-refractivity contribution in [3.05, 3.63) is 121 Å². The van der Waals surface area contributed by atoms with Crippen molar-refractivity contribution in [3.8, 4) is 0 Å². The average Bonchev–Trinajstić information content (AvgIpc) is 2.51. The predicted octanol–water partition coefficient (Wildman–Crippen LogP) is 5.00. The van der Waals surface area contributed by atoms with Crippen LogP contribution in [-0.4, -0.2) is 0 Å². The third-order valence-electron chi connectivity index (χ3n) is 2.04. The van der Waals surface area contributed by atoms with E-state index in [9.17, 15) is 0 Å². The molecule has 0 radical (unpaired) electrons. The molecule has 0 fully saturated rings. The van der Waals surface area contributed by atoms with Gasteiger partial charge < -0.3 is 0 Å². The third-order valence-corrected chi connectivity index (χ3v) is 2.04. The van der Waals surface area contributed by atoms with Crippen LogP contribution in [0.2, 0.25) is 0 Å². The van der Waals surface area contributed by atoms with Gasteiger partial charge >= 0.3 is 0 Å². The maximum Gasteiger partial charge on any atom is 0 e. The van der Waals surface area contributed by atoms with E-state index in [0.717, 1.165) is 0 Å². The summed E-state index contributed by atoms with van der Waals surface area (Å²) in [6, 6.07) is 25.0. The third kappa shape index (κ3) is 14.3. The molecule has 0 heterocycles. The van der Waals surface area contributed by atoms with Gasteiger partial charge in [-0.05, 0) is 0 Å². The molecule has 1 heteroatoms. The van der Waals surface area contributed by atoms with E-state index in [-0.39, 0.29) is 21.1 Å². The molecule has 0 saturated heterocycles. The number of hydrogen-bond donors (Lipinski definition) is 0. The minimum Gasteiger partial charge on any atom is -0.184 e. The number of rotatable bonds is 0. The van der Waals surface area contributed by atoms with Crippen LogP contribution in [0.1, 0.15) is 0 Å². The van der Waals surface area contributed by atoms with Crippen LogP contribution in [0, 0.1) is 18.2 Å². The SMILES string of the molecule is [C-]1=CC=CC=CC=C1.[Pt].[c-]1ccccc1.[c-]1ccccc1. The minimum absolute atomic E-state index is 0. The summed E-state index contributed by atoms with van der Waals surface area (Å²) in [5.74, 6) is 0. The van der Waals surface area contributed by atoms with Crippen LogP contribution < -0.4 is 0 Å². The van der Waals surface area contributed by atoms with Gasteiger partial charge in [-0.25, -0.2) is 0 Å². The zero-order valence-corrected chi connectivity index (χ0v) is 13.9. The summed E-state index contributed by atoms with van der Waals surface area (Å²) in [5.41, 5.74) is 0. The van der Waals surface area contributed by atoms with Gasteiger partial charge in [-0.15, -0.1) is 12.2 Å². The Kier molecular flexibility index (Phi) is 14.7. The fraction of sp³-hybridized carbons (Fsp3) is 0. The van der Waals surface area contributed by atoms with Gasteiger partial charge in [0.25, 0.3) is 0 Å². The second-order valence-electron chi connectivity index (χ2n) is 3.62. The molecule has 1 aliphatic rings. The first-order valence-electron chi connectivity index (χ1n) is 6.40. The van der Waals surface area contributed by atoms with Gasteiger partial charge in [0, 0.05) is 21.1 Å². The predicted molar refractivity (Wildman–Crippen MR) is 85.8 cm³/mol. The maximum atomic E-state index is 2.94. The van der Waals surface area contributed by atoms with Gasteiger partial charge in [0.05, 0.1) is 0 Å². The van der Waals surface area contributed by atoms with E-state index in [1.165, 1.54) is 0 Å². The standard InChI is InChI=1S/C8H7.2C6H5.Pt/c1-2-4-6-8-7-5-3-1;2*1-2-4-6-5-3-1;/h1-7H;2*1-5H;/q3*-1;. The Morgan fingerprint density at radius 2 is 0.952 bits per heavy atom. The van der Waals surface area contributed by atoms with Crippen LogP contribution in [0.5, 0.6) is 0 Å². The van der Waals surface area contributed by atoms with E-state index in [1.54, 1.807) is 0 Å². The molecule has 2 aromatic rings. The Labute approximate surface area is 142 Å². The molecule has 0 aliphatic heterocycles. The van der Waals surface area contributed by atoms with Crippen molar-refractivity contribution in [1.82, 2.24) is 0 Å². The monoisotopic (exact) mass is 452 g/mol. The number of hydrogen-bond acceptors (Lipinski definition) is 0. The van der Waals surface area contributed by atoms with Gasteiger partial charge in [0.15, 0.2) is 0 Å². The first kappa shape index (κ1) is 19.1. The summed E-state index contributed by atoms with van der Waals surface area (Å²) in [7, 11) is 0. The molecule has 0 saturated carbocycles. The van der Waals surface area contributed by atoms with Gasteiger partial charge in [0.2, 0.25) is 0 Å². The molecule has 1 aliphatic carbocycles. The van der Waals surface area contributed by atoms with Crippen LogP contribution in [0.15, 0.2) is 103 Å². The summed E-state index contributed by atoms with van der Waals surface area (Å²) >= 11 is 0. The van der Waals surface area contributed by atoms with E-state index in [0.29, 0.717) is 0 Å². The van der Waals surface area contributed by atoms with E-state index in [1.807, 2.05) is 103 Å². The van der Waals surface area contributed by atoms with Crippen LogP contribution in [0.3, 0.4) is 0 Å². The Morgan fingerprint density at radius 1 is 0.476 bits per heavy atom. The van der Waals surface area contributed by atoms with Crippen LogP contribution in [0.4, 0.5) is 0 Å². The zero-order chi connectivity index (χ0) is 14.1. The molecule has 3 rings (SSSR count). The molecule has 0 nitrogen and oxygen atoms in total. The molecule has 110 valence electrons. The second-order valence-corrected chi connectivity index (χ2v) is 3.62. The smallest absolute Gasteiger partial charge is 0 e. The van der Waals surface area contributed by atoms with Gasteiger partial charge in [-0.1, -0.05) is 6.08 Å². The quantitative estimate of drug-likeness (QED) is 0.494. The fourth-order valence-electron chi connectivity index (χ4n) is 1.15. The molecule has 0 N–H and O–H groups in total. The molecular weight excluding hydrogens is 435 g/mol. The van der Waals surface area contributed by atoms with Crippen molar-refractivity contribution in [2.24, 2.45) is 0 Å². The van der Waals surface area contributed by atoms with Crippen LogP contribution in [-0.2, 0) is 21.1 Å². The van der Waals surface area contributed by atoms with Crippen molar-refractivity contribution >= 4 is 0 Å². The Balaban J connectivity index is 0.000000283. The molecule has 21 heavy (non-hydrogen) atoms. The number of allylic oxidation sites excluding steroid dienone is 8. The molecule has 2 aromatic carbocycles. The van der Waals surface area contributed by atoms with Crippen LogP contribution in [0.25, 0.3) is 0 Å². The van der Waals surface area contributed by atoms with Gasteiger partial charge in [0.1, 0.15) is 0 Å². The molecule has 0 spiro atoms. The largest absolute Gasteiger partial charge is 0.184 e. The summed E-state index contributed by atoms with van der Waals surface area (Å²) in [5, 5.41) is 0. The molecule has 0 aromatic heterocycles. The van der Waals surface area contributed by atoms with Crippen LogP contribution >= 0.6 is 0 Å². The normalized spacial score (nSPS) is 10.7. The average molecular weight is 452 g/mol. The molecule has 0 atom stereocenters. The second kappa shape index (κ2) is 16.1. The van der Waals surface area contributed by atoms with Crippen molar-refractivity contribution < 1.29 is 21.1 Å². The summed E-state index contributed by atoms with van der Waals surface area (Å²) in [6.07, 6.45) is 16.5. The Morgan fingerprint density at radius 3 is 1.38 bits per heavy atom. The fourth-order valence-corrected chi connectivity index (χ4v) is 1.15. The summed E-state index contributed by atoms with van der Waals surface area (Å²) in [4.78, 5) is 0. The molecular formula is C20H17Pt-3. The van der Waals surface area contributed by atoms with E-state index < -0.39 is 0 Å². The molecule has 0 amide bonds. The molecule has 0 unspecified atom stereocenters. The van der Waals surface area contributed by atoms with Gasteiger partial charge in [-0.2, -0.15) is 103 Å². The minimum atomic E-state index is 0. The van der Waals surface area contributed by atoms with E-state index >= 15 is 0 Å². The van der Waals surface area contributed by atoms with E-state index in [2.05, 4.69) is 18.2 Å². The first-order chi connectivity index (χ1) is 10.0. The number of benzene rings is 2. The summed E-state index contributed by atoms with van der Waals surface area (Å²) < 4.78 is 0.